The monoisotopic (exact) mass is 148 g/mol. The fourth-order valence-electron chi connectivity index (χ4n) is 1.32. The van der Waals surface area contributed by atoms with Gasteiger partial charge >= 0.3 is 0 Å². The average Bonchev–Trinajstić information content (AvgIpc) is 2.03. The van der Waals surface area contributed by atoms with E-state index in [2.05, 4.69) is 13.0 Å². The summed E-state index contributed by atoms with van der Waals surface area (Å²) in [5, 5.41) is 8.62. The highest BCUT2D eigenvalue weighted by atomic mass is 14.5. The van der Waals surface area contributed by atoms with E-state index in [0.717, 1.165) is 12.0 Å². The molecule has 1 rings (SSSR count). The molecule has 0 spiro atoms. The summed E-state index contributed by atoms with van der Waals surface area (Å²) in [7, 11) is 0. The highest BCUT2D eigenvalue weighted by molar-refractivity contribution is 5.39. The predicted octanol–water partition coefficient (Wildman–Crippen LogP) is 1.36. The van der Waals surface area contributed by atoms with Crippen LogP contribution in [0.15, 0.2) is 23.3 Å². The highest BCUT2D eigenvalue weighted by Crippen LogP contribution is 2.20. The van der Waals surface area contributed by atoms with Crippen LogP contribution in [-0.4, -0.2) is 6.54 Å². The molecule has 0 saturated heterocycles. The SMILES string of the molecule is CC1C=C(C#N)C=C(CN)C1. The van der Waals surface area contributed by atoms with Gasteiger partial charge in [-0.1, -0.05) is 18.6 Å². The van der Waals surface area contributed by atoms with Crippen molar-refractivity contribution >= 4 is 0 Å². The van der Waals surface area contributed by atoms with Gasteiger partial charge in [0, 0.05) is 12.1 Å². The van der Waals surface area contributed by atoms with Crippen LogP contribution >= 0.6 is 0 Å². The van der Waals surface area contributed by atoms with Crippen LogP contribution in [-0.2, 0) is 0 Å². The molecule has 0 fully saturated rings. The Kier molecular flexibility index (Phi) is 2.45. The van der Waals surface area contributed by atoms with Crippen LogP contribution in [0.2, 0.25) is 0 Å². The first-order valence-corrected chi connectivity index (χ1v) is 3.77. The Bertz CT molecular complexity index is 243. The molecule has 0 aliphatic heterocycles. The molecule has 0 aromatic carbocycles. The van der Waals surface area contributed by atoms with E-state index in [1.165, 1.54) is 5.57 Å². The van der Waals surface area contributed by atoms with Gasteiger partial charge in [-0.3, -0.25) is 0 Å². The molecule has 0 heterocycles. The fourth-order valence-corrected chi connectivity index (χ4v) is 1.32. The first-order valence-electron chi connectivity index (χ1n) is 3.77. The van der Waals surface area contributed by atoms with Gasteiger partial charge in [0.1, 0.15) is 0 Å². The van der Waals surface area contributed by atoms with E-state index in [4.69, 9.17) is 11.0 Å². The summed E-state index contributed by atoms with van der Waals surface area (Å²) < 4.78 is 0. The predicted molar refractivity (Wildman–Crippen MR) is 44.6 cm³/mol. The van der Waals surface area contributed by atoms with Gasteiger partial charge in [-0.15, -0.1) is 0 Å². The van der Waals surface area contributed by atoms with Crippen LogP contribution in [0.25, 0.3) is 0 Å². The maximum absolute atomic E-state index is 8.62. The van der Waals surface area contributed by atoms with E-state index in [1.807, 2.05) is 12.2 Å². The summed E-state index contributed by atoms with van der Waals surface area (Å²) in [6, 6.07) is 2.13. The van der Waals surface area contributed by atoms with Crippen molar-refractivity contribution in [3.8, 4) is 6.07 Å². The highest BCUT2D eigenvalue weighted by Gasteiger charge is 2.09. The molecule has 1 unspecified atom stereocenters. The Labute approximate surface area is 67.0 Å². The van der Waals surface area contributed by atoms with E-state index >= 15 is 0 Å². The molecule has 11 heavy (non-hydrogen) atoms. The fraction of sp³-hybridized carbons (Fsp3) is 0.444. The summed E-state index contributed by atoms with van der Waals surface area (Å²) in [5.41, 5.74) is 7.41. The standard InChI is InChI=1S/C9H12N2/c1-7-2-8(5-10)4-9(3-7)6-11/h2,4,7H,3,6,11H2,1H3. The number of allylic oxidation sites excluding steroid dienone is 3. The van der Waals surface area contributed by atoms with E-state index in [1.54, 1.807) is 0 Å². The van der Waals surface area contributed by atoms with Gasteiger partial charge < -0.3 is 5.73 Å². The van der Waals surface area contributed by atoms with Crippen LogP contribution in [0.3, 0.4) is 0 Å². The number of nitriles is 1. The number of nitrogens with two attached hydrogens (primary N) is 1. The number of hydrogen-bond donors (Lipinski definition) is 1. The second-order valence-corrected chi connectivity index (χ2v) is 2.92. The number of nitrogens with zero attached hydrogens (tertiary/aromatic N) is 1. The van der Waals surface area contributed by atoms with Crippen molar-refractivity contribution in [2.75, 3.05) is 6.54 Å². The third-order valence-electron chi connectivity index (χ3n) is 1.80. The summed E-state index contributed by atoms with van der Waals surface area (Å²) in [5.74, 6) is 0.466. The molecule has 0 amide bonds. The molecule has 2 heteroatoms. The first kappa shape index (κ1) is 8.03. The largest absolute Gasteiger partial charge is 0.327 e. The molecule has 0 aromatic heterocycles. The summed E-state index contributed by atoms with van der Waals surface area (Å²) >= 11 is 0. The minimum Gasteiger partial charge on any atom is -0.327 e. The molecule has 0 bridgehead atoms. The third-order valence-corrected chi connectivity index (χ3v) is 1.80. The molecule has 2 nitrogen and oxygen atoms in total. The molecule has 1 aliphatic carbocycles. The second-order valence-electron chi connectivity index (χ2n) is 2.92. The van der Waals surface area contributed by atoms with Crippen LogP contribution in [0.1, 0.15) is 13.3 Å². The molecule has 0 saturated carbocycles. The second kappa shape index (κ2) is 3.36. The Morgan fingerprint density at radius 2 is 2.55 bits per heavy atom. The van der Waals surface area contributed by atoms with Crippen molar-refractivity contribution in [3.63, 3.8) is 0 Å². The molecule has 0 radical (unpaired) electrons. The summed E-state index contributed by atoms with van der Waals surface area (Å²) in [6.07, 6.45) is 4.88. The zero-order valence-electron chi connectivity index (χ0n) is 6.67. The van der Waals surface area contributed by atoms with E-state index < -0.39 is 0 Å². The van der Waals surface area contributed by atoms with Crippen molar-refractivity contribution in [2.45, 2.75) is 13.3 Å². The van der Waals surface area contributed by atoms with Crippen molar-refractivity contribution in [1.82, 2.24) is 0 Å². The normalized spacial score (nSPS) is 23.5. The lowest BCUT2D eigenvalue weighted by atomic mass is 9.92. The van der Waals surface area contributed by atoms with Crippen LogP contribution < -0.4 is 5.73 Å². The Morgan fingerprint density at radius 1 is 1.82 bits per heavy atom. The van der Waals surface area contributed by atoms with Crippen LogP contribution in [0, 0.1) is 17.2 Å². The van der Waals surface area contributed by atoms with E-state index in [-0.39, 0.29) is 0 Å². The number of rotatable bonds is 1. The van der Waals surface area contributed by atoms with Gasteiger partial charge in [-0.05, 0) is 18.4 Å². The van der Waals surface area contributed by atoms with Crippen molar-refractivity contribution in [2.24, 2.45) is 11.7 Å². The third kappa shape index (κ3) is 1.92. The van der Waals surface area contributed by atoms with Gasteiger partial charge in [0.2, 0.25) is 0 Å². The minimum absolute atomic E-state index is 0.466. The van der Waals surface area contributed by atoms with Crippen LogP contribution in [0.5, 0.6) is 0 Å². The minimum atomic E-state index is 0.466. The topological polar surface area (TPSA) is 49.8 Å². The van der Waals surface area contributed by atoms with Gasteiger partial charge in [0.05, 0.1) is 6.07 Å². The lowest BCUT2D eigenvalue weighted by molar-refractivity contribution is 0.692. The Hall–Kier alpha value is -1.07. The number of hydrogen-bond acceptors (Lipinski definition) is 2. The molecule has 58 valence electrons. The molecule has 1 aliphatic rings. The lowest BCUT2D eigenvalue weighted by Crippen LogP contribution is -2.09. The molecular weight excluding hydrogens is 136 g/mol. The maximum Gasteiger partial charge on any atom is 0.0988 e. The van der Waals surface area contributed by atoms with Gasteiger partial charge in [-0.25, -0.2) is 0 Å². The Morgan fingerprint density at radius 3 is 3.09 bits per heavy atom. The molecule has 0 aromatic rings. The van der Waals surface area contributed by atoms with Crippen LogP contribution in [0.4, 0.5) is 0 Å². The van der Waals surface area contributed by atoms with Gasteiger partial charge in [-0.2, -0.15) is 5.26 Å². The van der Waals surface area contributed by atoms with Gasteiger partial charge in [0.25, 0.3) is 0 Å². The molecular formula is C9H12N2. The summed E-state index contributed by atoms with van der Waals surface area (Å²) in [4.78, 5) is 0. The van der Waals surface area contributed by atoms with Crippen molar-refractivity contribution in [1.29, 1.82) is 5.26 Å². The summed E-state index contributed by atoms with van der Waals surface area (Å²) in [6.45, 7) is 2.67. The zero-order valence-corrected chi connectivity index (χ0v) is 6.67. The molecule has 2 N–H and O–H groups in total. The van der Waals surface area contributed by atoms with E-state index in [0.29, 0.717) is 12.5 Å². The maximum atomic E-state index is 8.62. The first-order chi connectivity index (χ1) is 5.26. The Balaban J connectivity index is 2.82. The zero-order chi connectivity index (χ0) is 8.27. The smallest absolute Gasteiger partial charge is 0.0988 e. The lowest BCUT2D eigenvalue weighted by Gasteiger charge is -2.13. The van der Waals surface area contributed by atoms with E-state index in [9.17, 15) is 0 Å². The van der Waals surface area contributed by atoms with Gasteiger partial charge in [0.15, 0.2) is 0 Å². The average molecular weight is 148 g/mol. The quantitative estimate of drug-likeness (QED) is 0.610. The molecule has 1 atom stereocenters. The van der Waals surface area contributed by atoms with Crippen molar-refractivity contribution < 1.29 is 0 Å². The van der Waals surface area contributed by atoms with Crippen molar-refractivity contribution in [3.05, 3.63) is 23.3 Å².